The first-order valence-corrected chi connectivity index (χ1v) is 4.23. The molecule has 0 bridgehead atoms. The molecule has 2 nitrogen and oxygen atoms in total. The van der Waals surface area contributed by atoms with Crippen molar-refractivity contribution in [2.75, 3.05) is 13.1 Å². The van der Waals surface area contributed by atoms with E-state index in [1.165, 1.54) is 0 Å². The quantitative estimate of drug-likeness (QED) is 0.668. The monoisotopic (exact) mass is 179 g/mol. The van der Waals surface area contributed by atoms with Crippen molar-refractivity contribution in [3.63, 3.8) is 0 Å². The normalized spacial score (nSPS) is 22.4. The molecule has 1 rings (SSSR count). The van der Waals surface area contributed by atoms with Crippen LogP contribution in [0.4, 0.5) is 0 Å². The minimum atomic E-state index is -0.0536. The molecule has 11 heavy (non-hydrogen) atoms. The summed E-state index contributed by atoms with van der Waals surface area (Å²) in [4.78, 5) is 0. The molecule has 1 aliphatic heterocycles. The van der Waals surface area contributed by atoms with Crippen molar-refractivity contribution >= 4 is 12.4 Å². The molecule has 68 valence electrons. The number of hydrogen-bond donors (Lipinski definition) is 2. The summed E-state index contributed by atoms with van der Waals surface area (Å²) in [5.74, 6) is 0.561. The fourth-order valence-electron chi connectivity index (χ4n) is 1.56. The van der Waals surface area contributed by atoms with Crippen LogP contribution in [0.2, 0.25) is 0 Å². The number of aliphatic hydroxyl groups excluding tert-OH is 1. The van der Waals surface area contributed by atoms with E-state index >= 15 is 0 Å². The van der Waals surface area contributed by atoms with Crippen LogP contribution in [0, 0.1) is 5.92 Å². The number of hydrogen-bond acceptors (Lipinski definition) is 2. The molecule has 1 fully saturated rings. The summed E-state index contributed by atoms with van der Waals surface area (Å²) in [6, 6.07) is 0. The van der Waals surface area contributed by atoms with E-state index in [0.717, 1.165) is 32.4 Å². The van der Waals surface area contributed by atoms with Crippen LogP contribution in [0.15, 0.2) is 0 Å². The molecule has 0 aromatic carbocycles. The highest BCUT2D eigenvalue weighted by Gasteiger charge is 2.19. The Hall–Kier alpha value is 0.210. The Kier molecular flexibility index (Phi) is 5.92. The van der Waals surface area contributed by atoms with Crippen molar-refractivity contribution in [3.05, 3.63) is 0 Å². The molecule has 0 saturated carbocycles. The molecule has 1 aliphatic rings. The molecular formula is C8H18ClNO. The Morgan fingerprint density at radius 3 is 2.45 bits per heavy atom. The number of rotatable bonds is 2. The molecule has 1 unspecified atom stereocenters. The van der Waals surface area contributed by atoms with Gasteiger partial charge in [-0.1, -0.05) is 6.92 Å². The maximum atomic E-state index is 9.45. The first-order chi connectivity index (χ1) is 4.84. The van der Waals surface area contributed by atoms with Gasteiger partial charge in [-0.25, -0.2) is 0 Å². The molecule has 0 aromatic heterocycles. The molecule has 2 N–H and O–H groups in total. The van der Waals surface area contributed by atoms with E-state index in [4.69, 9.17) is 0 Å². The van der Waals surface area contributed by atoms with Crippen LogP contribution in [0.3, 0.4) is 0 Å². The summed E-state index contributed by atoms with van der Waals surface area (Å²) in [5, 5.41) is 12.7. The van der Waals surface area contributed by atoms with Crippen molar-refractivity contribution in [2.45, 2.75) is 32.3 Å². The Balaban J connectivity index is 0.000001000. The molecule has 0 aromatic rings. The van der Waals surface area contributed by atoms with Gasteiger partial charge in [-0.3, -0.25) is 0 Å². The summed E-state index contributed by atoms with van der Waals surface area (Å²) in [6.45, 7) is 4.22. The summed E-state index contributed by atoms with van der Waals surface area (Å²) in [5.41, 5.74) is 0. The minimum absolute atomic E-state index is 0. The molecule has 3 heteroatoms. The molecule has 0 spiro atoms. The van der Waals surface area contributed by atoms with Gasteiger partial charge in [0.1, 0.15) is 0 Å². The van der Waals surface area contributed by atoms with Crippen molar-refractivity contribution in [1.29, 1.82) is 0 Å². The minimum Gasteiger partial charge on any atom is -0.393 e. The lowest BCUT2D eigenvalue weighted by Gasteiger charge is -2.26. The summed E-state index contributed by atoms with van der Waals surface area (Å²) in [7, 11) is 0. The number of piperidine rings is 1. The molecule has 0 amide bonds. The van der Waals surface area contributed by atoms with E-state index in [-0.39, 0.29) is 18.5 Å². The van der Waals surface area contributed by atoms with E-state index in [9.17, 15) is 5.11 Å². The van der Waals surface area contributed by atoms with E-state index < -0.39 is 0 Å². The maximum absolute atomic E-state index is 9.45. The van der Waals surface area contributed by atoms with E-state index in [0.29, 0.717) is 5.92 Å². The third kappa shape index (κ3) is 3.41. The topological polar surface area (TPSA) is 32.3 Å². The molecule has 1 saturated heterocycles. The van der Waals surface area contributed by atoms with Crippen LogP contribution in [0.1, 0.15) is 26.2 Å². The SMILES string of the molecule is CCC(O)C1CCNCC1.Cl. The van der Waals surface area contributed by atoms with Gasteiger partial charge in [-0.05, 0) is 38.3 Å². The maximum Gasteiger partial charge on any atom is 0.0566 e. The lowest BCUT2D eigenvalue weighted by atomic mass is 9.91. The Morgan fingerprint density at radius 1 is 1.45 bits per heavy atom. The fourth-order valence-corrected chi connectivity index (χ4v) is 1.56. The highest BCUT2D eigenvalue weighted by Crippen LogP contribution is 2.17. The average Bonchev–Trinajstić information content (AvgIpc) is 2.05. The second kappa shape index (κ2) is 5.81. The zero-order valence-corrected chi connectivity index (χ0v) is 7.86. The van der Waals surface area contributed by atoms with Gasteiger partial charge in [0.15, 0.2) is 0 Å². The third-order valence-corrected chi connectivity index (χ3v) is 2.35. The largest absolute Gasteiger partial charge is 0.393 e. The van der Waals surface area contributed by atoms with E-state index in [2.05, 4.69) is 5.32 Å². The van der Waals surface area contributed by atoms with Gasteiger partial charge in [0.2, 0.25) is 0 Å². The standard InChI is InChI=1S/C8H17NO.ClH/c1-2-8(10)7-3-5-9-6-4-7;/h7-10H,2-6H2,1H3;1H. The van der Waals surface area contributed by atoms with Crippen molar-refractivity contribution in [3.8, 4) is 0 Å². The van der Waals surface area contributed by atoms with Crippen LogP contribution in [0.25, 0.3) is 0 Å². The van der Waals surface area contributed by atoms with Crippen LogP contribution >= 0.6 is 12.4 Å². The van der Waals surface area contributed by atoms with Gasteiger partial charge in [-0.15, -0.1) is 12.4 Å². The number of nitrogens with one attached hydrogen (secondary N) is 1. The van der Waals surface area contributed by atoms with Crippen molar-refractivity contribution in [2.24, 2.45) is 5.92 Å². The average molecular weight is 180 g/mol. The van der Waals surface area contributed by atoms with Gasteiger partial charge in [0, 0.05) is 0 Å². The zero-order valence-electron chi connectivity index (χ0n) is 7.05. The molecule has 1 heterocycles. The van der Waals surface area contributed by atoms with Crippen LogP contribution in [0.5, 0.6) is 0 Å². The highest BCUT2D eigenvalue weighted by atomic mass is 35.5. The van der Waals surface area contributed by atoms with Gasteiger partial charge < -0.3 is 10.4 Å². The number of aliphatic hydroxyl groups is 1. The van der Waals surface area contributed by atoms with Gasteiger partial charge >= 0.3 is 0 Å². The summed E-state index contributed by atoms with van der Waals surface area (Å²) >= 11 is 0. The van der Waals surface area contributed by atoms with Gasteiger partial charge in [-0.2, -0.15) is 0 Å². The number of halogens is 1. The first-order valence-electron chi connectivity index (χ1n) is 4.23. The van der Waals surface area contributed by atoms with Crippen LogP contribution in [-0.2, 0) is 0 Å². The summed E-state index contributed by atoms with van der Waals surface area (Å²) < 4.78 is 0. The van der Waals surface area contributed by atoms with E-state index in [1.54, 1.807) is 0 Å². The second-order valence-corrected chi connectivity index (χ2v) is 3.06. The summed E-state index contributed by atoms with van der Waals surface area (Å²) in [6.07, 6.45) is 3.15. The van der Waals surface area contributed by atoms with Crippen molar-refractivity contribution < 1.29 is 5.11 Å². The Morgan fingerprint density at radius 2 is 2.00 bits per heavy atom. The third-order valence-electron chi connectivity index (χ3n) is 2.35. The molecule has 0 aliphatic carbocycles. The Labute approximate surface area is 74.8 Å². The molecular weight excluding hydrogens is 162 g/mol. The predicted octanol–water partition coefficient (Wildman–Crippen LogP) is 1.18. The van der Waals surface area contributed by atoms with Crippen LogP contribution in [-0.4, -0.2) is 24.3 Å². The lowest BCUT2D eigenvalue weighted by Crippen LogP contribution is -2.33. The zero-order chi connectivity index (χ0) is 7.40. The Bertz CT molecular complexity index is 94.1. The van der Waals surface area contributed by atoms with Crippen molar-refractivity contribution in [1.82, 2.24) is 5.32 Å². The smallest absolute Gasteiger partial charge is 0.0566 e. The lowest BCUT2D eigenvalue weighted by molar-refractivity contribution is 0.0855. The second-order valence-electron chi connectivity index (χ2n) is 3.06. The molecule has 0 radical (unpaired) electrons. The van der Waals surface area contributed by atoms with Gasteiger partial charge in [0.05, 0.1) is 6.10 Å². The predicted molar refractivity (Wildman–Crippen MR) is 49.1 cm³/mol. The van der Waals surface area contributed by atoms with Gasteiger partial charge in [0.25, 0.3) is 0 Å². The molecule has 1 atom stereocenters. The fraction of sp³-hybridized carbons (Fsp3) is 1.00. The highest BCUT2D eigenvalue weighted by molar-refractivity contribution is 5.85. The first kappa shape index (κ1) is 11.2. The van der Waals surface area contributed by atoms with E-state index in [1.807, 2.05) is 6.92 Å². The van der Waals surface area contributed by atoms with Crippen LogP contribution < -0.4 is 5.32 Å².